The molecule has 2 heterocycles. The van der Waals surface area contributed by atoms with Crippen LogP contribution in [-0.2, 0) is 25.9 Å². The average molecular weight is 552 g/mol. The number of halogens is 1. The van der Waals surface area contributed by atoms with Crippen LogP contribution in [0.4, 0.5) is 0 Å². The van der Waals surface area contributed by atoms with Gasteiger partial charge in [-0.15, -0.1) is 0 Å². The number of nitrogens with zero attached hydrogens (tertiary/aromatic N) is 2. The van der Waals surface area contributed by atoms with Gasteiger partial charge in [0.1, 0.15) is 5.75 Å². The lowest BCUT2D eigenvalue weighted by atomic mass is 9.98. The van der Waals surface area contributed by atoms with Gasteiger partial charge in [-0.25, -0.2) is 18.7 Å². The molecular formula is C24H26ClN3O8S. The number of ether oxygens (including phenoxy) is 2. The number of hydrogen-bond acceptors (Lipinski definition) is 8. The second-order valence-corrected chi connectivity index (χ2v) is 11.1. The van der Waals surface area contributed by atoms with Crippen molar-refractivity contribution in [3.8, 4) is 17.3 Å². The zero-order valence-corrected chi connectivity index (χ0v) is 21.2. The van der Waals surface area contributed by atoms with Gasteiger partial charge < -0.3 is 14.6 Å². The van der Waals surface area contributed by atoms with E-state index in [9.17, 15) is 23.1 Å². The lowest BCUT2D eigenvalue weighted by molar-refractivity contribution is -0.134. The average Bonchev–Trinajstić information content (AvgIpc) is 3.19. The van der Waals surface area contributed by atoms with E-state index in [1.165, 1.54) is 45.1 Å². The van der Waals surface area contributed by atoms with Gasteiger partial charge in [0.25, 0.3) is 5.91 Å². The molecule has 0 bridgehead atoms. The highest BCUT2D eigenvalue weighted by atomic mass is 35.5. The van der Waals surface area contributed by atoms with Crippen LogP contribution in [0, 0.1) is 0 Å². The maximum atomic E-state index is 13.3. The number of hydroxylamine groups is 1. The van der Waals surface area contributed by atoms with E-state index in [2.05, 4.69) is 0 Å². The molecule has 0 atom stereocenters. The fourth-order valence-electron chi connectivity index (χ4n) is 4.27. The topological polar surface area (TPSA) is 149 Å². The maximum Gasteiger partial charge on any atom is 0.335 e. The molecule has 0 aliphatic carbocycles. The first-order valence-corrected chi connectivity index (χ1v) is 13.3. The molecule has 1 fully saturated rings. The third-order valence-electron chi connectivity index (χ3n) is 6.33. The molecule has 1 aliphatic rings. The van der Waals surface area contributed by atoms with Gasteiger partial charge in [-0.2, -0.15) is 0 Å². The summed E-state index contributed by atoms with van der Waals surface area (Å²) in [6.07, 6.45) is 1.51. The standard InChI is InChI=1S/C24H26ClN3O8S/c25-19-4-1-2-5-20(19)28-16-21(29)27(23(28)31)12-3-13-36-17-6-8-18(9-7-17)37(33,34)24(22(30)26-32)10-14-35-15-11-24/h1-2,4-9,16,29,32H,3,10-15H2,(H,26,30). The predicted octanol–water partition coefficient (Wildman–Crippen LogP) is 2.30. The van der Waals surface area contributed by atoms with E-state index in [0.717, 1.165) is 0 Å². The first kappa shape index (κ1) is 26.7. The summed E-state index contributed by atoms with van der Waals surface area (Å²) in [5.74, 6) is -0.816. The summed E-state index contributed by atoms with van der Waals surface area (Å²) < 4.78 is 38.1. The first-order chi connectivity index (χ1) is 17.7. The molecule has 11 nitrogen and oxygen atoms in total. The highest BCUT2D eigenvalue weighted by Gasteiger charge is 2.52. The van der Waals surface area contributed by atoms with Gasteiger partial charge in [-0.1, -0.05) is 23.7 Å². The molecule has 1 aliphatic heterocycles. The minimum absolute atomic E-state index is 0.0776. The summed E-state index contributed by atoms with van der Waals surface area (Å²) in [4.78, 5) is 25.0. The Morgan fingerprint density at radius 2 is 1.81 bits per heavy atom. The van der Waals surface area contributed by atoms with Crippen molar-refractivity contribution in [3.63, 3.8) is 0 Å². The minimum Gasteiger partial charge on any atom is -0.494 e. The van der Waals surface area contributed by atoms with Crippen molar-refractivity contribution in [2.24, 2.45) is 0 Å². The molecule has 2 aromatic carbocycles. The van der Waals surface area contributed by atoms with Crippen LogP contribution >= 0.6 is 11.6 Å². The molecule has 0 saturated carbocycles. The summed E-state index contributed by atoms with van der Waals surface area (Å²) in [5, 5.41) is 19.7. The van der Waals surface area contributed by atoms with Crippen molar-refractivity contribution in [1.82, 2.24) is 14.6 Å². The van der Waals surface area contributed by atoms with Crippen LogP contribution in [0.15, 0.2) is 64.4 Å². The van der Waals surface area contributed by atoms with Gasteiger partial charge in [0.2, 0.25) is 5.88 Å². The number of benzene rings is 2. The number of para-hydroxylation sites is 1. The smallest absolute Gasteiger partial charge is 0.335 e. The number of rotatable bonds is 9. The summed E-state index contributed by atoms with van der Waals surface area (Å²) in [7, 11) is -4.13. The Kier molecular flexibility index (Phi) is 7.93. The Morgan fingerprint density at radius 3 is 2.46 bits per heavy atom. The molecule has 4 rings (SSSR count). The molecule has 3 N–H and O–H groups in total. The van der Waals surface area contributed by atoms with E-state index in [-0.39, 0.29) is 50.0 Å². The zero-order valence-electron chi connectivity index (χ0n) is 19.7. The molecule has 0 unspecified atom stereocenters. The second kappa shape index (κ2) is 11.0. The molecule has 0 radical (unpaired) electrons. The highest BCUT2D eigenvalue weighted by Crippen LogP contribution is 2.35. The number of amides is 1. The SMILES string of the molecule is O=C(NO)C1(S(=O)(=O)c2ccc(OCCCn3c(O)cn(-c4ccccc4Cl)c3=O)cc2)CCOCC1. The summed E-state index contributed by atoms with van der Waals surface area (Å²) in [6.45, 7) is 0.515. The van der Waals surface area contributed by atoms with Crippen molar-refractivity contribution in [3.05, 3.63) is 70.2 Å². The van der Waals surface area contributed by atoms with Gasteiger partial charge >= 0.3 is 5.69 Å². The minimum atomic E-state index is -4.13. The number of carbonyl (C=O) groups excluding carboxylic acids is 1. The maximum absolute atomic E-state index is 13.3. The largest absolute Gasteiger partial charge is 0.494 e. The molecule has 1 aromatic heterocycles. The lowest BCUT2D eigenvalue weighted by Crippen LogP contribution is -2.54. The molecule has 198 valence electrons. The monoisotopic (exact) mass is 551 g/mol. The zero-order chi connectivity index (χ0) is 26.6. The van der Waals surface area contributed by atoms with Crippen LogP contribution in [0.1, 0.15) is 19.3 Å². The Hall–Kier alpha value is -3.32. The molecule has 1 saturated heterocycles. The number of sulfone groups is 1. The number of aromatic nitrogens is 2. The number of hydrogen-bond donors (Lipinski definition) is 3. The van der Waals surface area contributed by atoms with Crippen LogP contribution in [-0.4, -0.2) is 58.3 Å². The Morgan fingerprint density at radius 1 is 1.14 bits per heavy atom. The van der Waals surface area contributed by atoms with Gasteiger partial charge in [-0.05, 0) is 55.7 Å². The fraction of sp³-hybridized carbons (Fsp3) is 0.333. The third-order valence-corrected chi connectivity index (χ3v) is 9.16. The number of nitrogens with one attached hydrogen (secondary N) is 1. The highest BCUT2D eigenvalue weighted by molar-refractivity contribution is 7.93. The van der Waals surface area contributed by atoms with E-state index in [4.69, 9.17) is 26.3 Å². The van der Waals surface area contributed by atoms with Crippen LogP contribution in [0.3, 0.4) is 0 Å². The Labute approximate surface area is 217 Å². The molecule has 1 amide bonds. The van der Waals surface area contributed by atoms with Crippen molar-refractivity contribution in [2.75, 3.05) is 19.8 Å². The normalized spacial score (nSPS) is 15.3. The first-order valence-electron chi connectivity index (χ1n) is 11.5. The number of carbonyl (C=O) groups is 1. The van der Waals surface area contributed by atoms with E-state index >= 15 is 0 Å². The predicted molar refractivity (Wildman–Crippen MR) is 133 cm³/mol. The van der Waals surface area contributed by atoms with E-state index in [1.807, 2.05) is 0 Å². The van der Waals surface area contributed by atoms with Crippen molar-refractivity contribution >= 4 is 27.3 Å². The molecule has 13 heteroatoms. The van der Waals surface area contributed by atoms with Gasteiger partial charge in [0, 0.05) is 19.8 Å². The van der Waals surface area contributed by atoms with Gasteiger partial charge in [0.15, 0.2) is 14.6 Å². The van der Waals surface area contributed by atoms with Crippen LogP contribution in [0.2, 0.25) is 5.02 Å². The fourth-order valence-corrected chi connectivity index (χ4v) is 6.44. The van der Waals surface area contributed by atoms with Crippen LogP contribution < -0.4 is 15.9 Å². The van der Waals surface area contributed by atoms with E-state index < -0.39 is 26.2 Å². The van der Waals surface area contributed by atoms with E-state index in [0.29, 0.717) is 22.9 Å². The molecule has 37 heavy (non-hydrogen) atoms. The Balaban J connectivity index is 1.40. The molecular weight excluding hydrogens is 526 g/mol. The number of aromatic hydroxyl groups is 1. The van der Waals surface area contributed by atoms with Crippen molar-refractivity contribution in [2.45, 2.75) is 35.4 Å². The van der Waals surface area contributed by atoms with Crippen molar-refractivity contribution in [1.29, 1.82) is 0 Å². The summed E-state index contributed by atoms with van der Waals surface area (Å²) >= 11 is 6.16. The van der Waals surface area contributed by atoms with Crippen LogP contribution in [0.25, 0.3) is 5.69 Å². The van der Waals surface area contributed by atoms with Gasteiger partial charge in [-0.3, -0.25) is 19.1 Å². The lowest BCUT2D eigenvalue weighted by Gasteiger charge is -2.34. The molecule has 3 aromatic rings. The van der Waals surface area contributed by atoms with E-state index in [1.54, 1.807) is 24.3 Å². The van der Waals surface area contributed by atoms with Crippen LogP contribution in [0.5, 0.6) is 11.6 Å². The molecule has 0 spiro atoms. The van der Waals surface area contributed by atoms with Gasteiger partial charge in [0.05, 0.1) is 28.4 Å². The number of imidazole rings is 1. The Bertz CT molecular complexity index is 1430. The quantitative estimate of drug-likeness (QED) is 0.208. The van der Waals surface area contributed by atoms with Crippen molar-refractivity contribution < 1.29 is 33.0 Å². The summed E-state index contributed by atoms with van der Waals surface area (Å²) in [6, 6.07) is 12.4. The third kappa shape index (κ3) is 5.10. The second-order valence-electron chi connectivity index (χ2n) is 8.47. The summed E-state index contributed by atoms with van der Waals surface area (Å²) in [5.41, 5.74) is 1.49.